The second kappa shape index (κ2) is 8.50. The van der Waals surface area contributed by atoms with Crippen molar-refractivity contribution < 1.29 is 14.3 Å². The molecule has 0 radical (unpaired) electrons. The predicted molar refractivity (Wildman–Crippen MR) is 121 cm³/mol. The van der Waals surface area contributed by atoms with E-state index in [1.165, 1.54) is 29.9 Å². The van der Waals surface area contributed by atoms with Gasteiger partial charge in [0.05, 0.1) is 16.1 Å². The van der Waals surface area contributed by atoms with Gasteiger partial charge in [0.1, 0.15) is 0 Å². The van der Waals surface area contributed by atoms with E-state index in [9.17, 15) is 9.59 Å². The lowest BCUT2D eigenvalue weighted by atomic mass is 10.2. The summed E-state index contributed by atoms with van der Waals surface area (Å²) < 4.78 is 12.8. The maximum Gasteiger partial charge on any atom is 0.308 e. The first-order valence-electron chi connectivity index (χ1n) is 8.63. The Balaban J connectivity index is 1.70. The largest absolute Gasteiger partial charge is 0.493 e. The fourth-order valence-corrected chi connectivity index (χ4v) is 4.75. The molecular formula is C20H14BrN3O4S2. The van der Waals surface area contributed by atoms with Crippen LogP contribution in [0.1, 0.15) is 23.2 Å². The highest BCUT2D eigenvalue weighted by Crippen LogP contribution is 2.37. The van der Waals surface area contributed by atoms with Crippen molar-refractivity contribution in [1.29, 1.82) is 0 Å². The molecule has 0 N–H and O–H groups in total. The van der Waals surface area contributed by atoms with Gasteiger partial charge in [-0.3, -0.25) is 9.59 Å². The molecule has 4 aromatic rings. The number of carbonyl (C=O) groups is 1. The van der Waals surface area contributed by atoms with Gasteiger partial charge in [0.15, 0.2) is 17.3 Å². The third-order valence-electron chi connectivity index (χ3n) is 3.93. The number of carbonyl (C=O) groups excluding carboxylic acids is 1. The summed E-state index contributed by atoms with van der Waals surface area (Å²) in [7, 11) is 1.48. The number of hydrogen-bond donors (Lipinski definition) is 0. The van der Waals surface area contributed by atoms with E-state index < -0.39 is 5.97 Å². The van der Waals surface area contributed by atoms with E-state index in [1.807, 2.05) is 23.6 Å². The van der Waals surface area contributed by atoms with E-state index in [-0.39, 0.29) is 11.3 Å². The summed E-state index contributed by atoms with van der Waals surface area (Å²) in [6.07, 6.45) is 5.41. The van der Waals surface area contributed by atoms with Crippen molar-refractivity contribution in [2.45, 2.75) is 6.92 Å². The van der Waals surface area contributed by atoms with Gasteiger partial charge in [-0.05, 0) is 63.3 Å². The fourth-order valence-electron chi connectivity index (χ4n) is 2.68. The first-order chi connectivity index (χ1) is 14.4. The summed E-state index contributed by atoms with van der Waals surface area (Å²) in [6.45, 7) is 1.31. The molecule has 7 nitrogen and oxygen atoms in total. The van der Waals surface area contributed by atoms with E-state index in [4.69, 9.17) is 9.47 Å². The highest BCUT2D eigenvalue weighted by Gasteiger charge is 2.14. The minimum atomic E-state index is -0.456. The quantitative estimate of drug-likeness (QED) is 0.305. The Bertz CT molecular complexity index is 1370. The Morgan fingerprint density at radius 1 is 1.30 bits per heavy atom. The molecule has 1 aromatic carbocycles. The third-order valence-corrected chi connectivity index (χ3v) is 6.32. The summed E-state index contributed by atoms with van der Waals surface area (Å²) in [5.41, 5.74) is 0.450. The Morgan fingerprint density at radius 2 is 2.13 bits per heavy atom. The molecule has 0 fully saturated rings. The Morgan fingerprint density at radius 3 is 2.80 bits per heavy atom. The van der Waals surface area contributed by atoms with Crippen LogP contribution in [0.25, 0.3) is 23.2 Å². The summed E-state index contributed by atoms with van der Waals surface area (Å²) in [5, 5.41) is 6.27. The van der Waals surface area contributed by atoms with E-state index in [0.29, 0.717) is 31.1 Å². The number of methoxy groups -OCH3 is 1. The number of nitrogens with zero attached hydrogens (tertiary/aromatic N) is 3. The minimum absolute atomic E-state index is 0.252. The van der Waals surface area contributed by atoms with Gasteiger partial charge in [-0.25, -0.2) is 0 Å². The average Bonchev–Trinajstić information content (AvgIpc) is 3.41. The van der Waals surface area contributed by atoms with Gasteiger partial charge in [-0.2, -0.15) is 9.50 Å². The van der Waals surface area contributed by atoms with Crippen LogP contribution in [0.4, 0.5) is 0 Å². The van der Waals surface area contributed by atoms with Crippen LogP contribution >= 0.6 is 38.6 Å². The lowest BCUT2D eigenvalue weighted by Crippen LogP contribution is -2.23. The number of benzene rings is 1. The molecule has 3 heterocycles. The van der Waals surface area contributed by atoms with Crippen molar-refractivity contribution in [3.8, 4) is 11.5 Å². The molecule has 152 valence electrons. The van der Waals surface area contributed by atoms with Crippen LogP contribution in [0, 0.1) is 0 Å². The molecule has 0 amide bonds. The first-order valence-corrected chi connectivity index (χ1v) is 11.1. The number of aromatic nitrogens is 3. The maximum atomic E-state index is 12.7. The number of fused-ring (bicyclic) bond motifs is 1. The Kier molecular flexibility index (Phi) is 5.80. The number of halogens is 1. The van der Waals surface area contributed by atoms with E-state index in [2.05, 4.69) is 26.0 Å². The van der Waals surface area contributed by atoms with Gasteiger partial charge in [0.25, 0.3) is 5.56 Å². The topological polar surface area (TPSA) is 82.8 Å². The monoisotopic (exact) mass is 503 g/mol. The molecule has 0 bridgehead atoms. The summed E-state index contributed by atoms with van der Waals surface area (Å²) in [6, 6.07) is 7.39. The second-order valence-electron chi connectivity index (χ2n) is 6.06. The standard InChI is InChI=1S/C20H14BrN3O4S2/c1-11(25)28-18-14(21)8-12(9-15(18)27-2)10-16-19(26)24-20(30-16)22-17(23-24)6-5-13-4-3-7-29-13/h3-10H,1-2H3/b6-5+,16-10+. The van der Waals surface area contributed by atoms with Crippen molar-refractivity contribution in [3.05, 3.63) is 65.3 Å². The summed E-state index contributed by atoms with van der Waals surface area (Å²) in [5.74, 6) is 0.684. The fraction of sp³-hybridized carbons (Fsp3) is 0.100. The molecule has 0 aliphatic heterocycles. The molecule has 0 saturated carbocycles. The average molecular weight is 504 g/mol. The smallest absolute Gasteiger partial charge is 0.308 e. The van der Waals surface area contributed by atoms with Crippen molar-refractivity contribution in [3.63, 3.8) is 0 Å². The molecule has 0 aliphatic carbocycles. The van der Waals surface area contributed by atoms with Gasteiger partial charge < -0.3 is 9.47 Å². The molecule has 3 aromatic heterocycles. The third kappa shape index (κ3) is 4.20. The normalized spacial score (nSPS) is 12.2. The highest BCUT2D eigenvalue weighted by molar-refractivity contribution is 9.10. The van der Waals surface area contributed by atoms with Crippen LogP contribution in [0.2, 0.25) is 0 Å². The molecular weight excluding hydrogens is 490 g/mol. The van der Waals surface area contributed by atoms with Crippen molar-refractivity contribution in [1.82, 2.24) is 14.6 Å². The molecule has 0 saturated heterocycles. The van der Waals surface area contributed by atoms with Crippen LogP contribution in [0.5, 0.6) is 11.5 Å². The number of hydrogen-bond acceptors (Lipinski definition) is 8. The number of thiazole rings is 1. The SMILES string of the molecule is COc1cc(/C=c2/sc3nc(/C=C/c4cccs4)nn3c2=O)cc(Br)c1OC(C)=O. The lowest BCUT2D eigenvalue weighted by molar-refractivity contribution is -0.132. The molecule has 0 aliphatic rings. The van der Waals surface area contributed by atoms with Crippen molar-refractivity contribution >= 4 is 67.8 Å². The Labute approximate surface area is 187 Å². The molecule has 0 spiro atoms. The van der Waals surface area contributed by atoms with Gasteiger partial charge >= 0.3 is 5.97 Å². The van der Waals surface area contributed by atoms with E-state index in [1.54, 1.807) is 35.6 Å². The number of ether oxygens (including phenoxy) is 2. The number of esters is 1. The highest BCUT2D eigenvalue weighted by atomic mass is 79.9. The van der Waals surface area contributed by atoms with Gasteiger partial charge in [-0.15, -0.1) is 16.4 Å². The number of thiophene rings is 1. The van der Waals surface area contributed by atoms with Gasteiger partial charge in [0, 0.05) is 11.8 Å². The van der Waals surface area contributed by atoms with E-state index >= 15 is 0 Å². The summed E-state index contributed by atoms with van der Waals surface area (Å²) in [4.78, 5) is 30.0. The number of rotatable bonds is 5. The molecule has 0 unspecified atom stereocenters. The zero-order chi connectivity index (χ0) is 21.3. The molecule has 4 rings (SSSR count). The van der Waals surface area contributed by atoms with Crippen molar-refractivity contribution in [2.24, 2.45) is 0 Å². The zero-order valence-corrected chi connectivity index (χ0v) is 19.0. The van der Waals surface area contributed by atoms with Crippen LogP contribution in [-0.4, -0.2) is 27.7 Å². The van der Waals surface area contributed by atoms with Gasteiger partial charge in [-0.1, -0.05) is 17.4 Å². The molecule has 30 heavy (non-hydrogen) atoms. The summed E-state index contributed by atoms with van der Waals surface area (Å²) >= 11 is 6.24. The van der Waals surface area contributed by atoms with Crippen LogP contribution in [-0.2, 0) is 4.79 Å². The Hall–Kier alpha value is -2.82. The lowest BCUT2D eigenvalue weighted by Gasteiger charge is -2.10. The van der Waals surface area contributed by atoms with Crippen LogP contribution in [0.15, 0.2) is 38.9 Å². The predicted octanol–water partition coefficient (Wildman–Crippen LogP) is 3.63. The molecule has 10 heteroatoms. The van der Waals surface area contributed by atoms with Crippen LogP contribution in [0.3, 0.4) is 0 Å². The maximum absolute atomic E-state index is 12.7. The van der Waals surface area contributed by atoms with Gasteiger partial charge in [0.2, 0.25) is 4.96 Å². The van der Waals surface area contributed by atoms with Crippen LogP contribution < -0.4 is 19.6 Å². The zero-order valence-electron chi connectivity index (χ0n) is 15.8. The molecule has 0 atom stereocenters. The first kappa shape index (κ1) is 20.5. The minimum Gasteiger partial charge on any atom is -0.493 e. The second-order valence-corrected chi connectivity index (χ2v) is 8.90. The van der Waals surface area contributed by atoms with E-state index in [0.717, 1.165) is 4.88 Å². The van der Waals surface area contributed by atoms with Crippen molar-refractivity contribution in [2.75, 3.05) is 7.11 Å².